The third kappa shape index (κ3) is 21.4. The number of hydrogen-bond acceptors (Lipinski definition) is 14. The zero-order valence-electron chi connectivity index (χ0n) is 42.3. The summed E-state index contributed by atoms with van der Waals surface area (Å²) in [6.45, 7) is -1.09. The molecule has 414 valence electrons. The van der Waals surface area contributed by atoms with Gasteiger partial charge in [0.25, 0.3) is 0 Å². The number of rotatable bonds is 20. The minimum Gasteiger partial charge on any atom is -0.370 e. The summed E-state index contributed by atoms with van der Waals surface area (Å²) in [6.07, 6.45) is 2.03. The lowest BCUT2D eigenvalue weighted by molar-refractivity contribution is -0.139. The predicted octanol–water partition coefficient (Wildman–Crippen LogP) is -2.88. The molecule has 1 saturated carbocycles. The van der Waals surface area contributed by atoms with E-state index in [0.29, 0.717) is 24.0 Å². The molecule has 4 rings (SSSR count). The molecule has 0 bridgehead atoms. The molecule has 2 aromatic carbocycles. The molecule has 1 aliphatic carbocycles. The van der Waals surface area contributed by atoms with Crippen LogP contribution in [-0.2, 0) is 65.6 Å². The number of hydrogen-bond donors (Lipinski definition) is 12. The third-order valence-corrected chi connectivity index (χ3v) is 15.6. The Hall–Kier alpha value is -7.42. The average molecular weight is 1100 g/mol. The monoisotopic (exact) mass is 1090 g/mol. The molecular formula is C49H70N14O11S2. The first-order chi connectivity index (χ1) is 36.1. The lowest BCUT2D eigenvalue weighted by atomic mass is 9.85. The highest BCUT2D eigenvalue weighted by Gasteiger charge is 2.39. The van der Waals surface area contributed by atoms with Crippen LogP contribution in [0.25, 0.3) is 0 Å². The van der Waals surface area contributed by atoms with Crippen LogP contribution in [0.1, 0.15) is 81.8 Å². The van der Waals surface area contributed by atoms with Crippen molar-refractivity contribution in [3.05, 3.63) is 71.8 Å². The topological polar surface area (TPSA) is 418 Å². The summed E-state index contributed by atoms with van der Waals surface area (Å²) in [6, 6.07) is 8.97. The van der Waals surface area contributed by atoms with Gasteiger partial charge in [0.15, 0.2) is 5.96 Å². The molecule has 0 aromatic heterocycles. The number of nitrogens with two attached hydrogens (primary N) is 5. The molecule has 1 aliphatic heterocycles. The average Bonchev–Trinajstić information content (AvgIpc) is 3.36. The highest BCUT2D eigenvalue weighted by Crippen LogP contribution is 2.48. The van der Waals surface area contributed by atoms with Crippen LogP contribution in [0.2, 0.25) is 0 Å². The highest BCUT2D eigenvalue weighted by molar-refractivity contribution is 8.77. The van der Waals surface area contributed by atoms with Crippen LogP contribution in [0.5, 0.6) is 0 Å². The fourth-order valence-corrected chi connectivity index (χ4v) is 11.8. The second kappa shape index (κ2) is 30.8. The summed E-state index contributed by atoms with van der Waals surface area (Å²) in [5.74, 6) is -9.70. The van der Waals surface area contributed by atoms with Crippen molar-refractivity contribution in [2.45, 2.75) is 124 Å². The maximum atomic E-state index is 14.5. The van der Waals surface area contributed by atoms with Gasteiger partial charge >= 0.3 is 0 Å². The van der Waals surface area contributed by atoms with E-state index in [9.17, 15) is 52.7 Å². The van der Waals surface area contributed by atoms with Crippen LogP contribution < -0.4 is 65.9 Å². The Labute approximate surface area is 448 Å². The lowest BCUT2D eigenvalue weighted by Crippen LogP contribution is -2.60. The number of benzene rings is 2. The Balaban J connectivity index is 1.74. The maximum absolute atomic E-state index is 14.5. The van der Waals surface area contributed by atoms with Gasteiger partial charge in [-0.1, -0.05) is 102 Å². The van der Waals surface area contributed by atoms with Gasteiger partial charge in [0.05, 0.1) is 19.5 Å². The molecule has 1 spiro atoms. The maximum Gasteiger partial charge on any atom is 0.246 e. The van der Waals surface area contributed by atoms with Crippen LogP contribution in [0.3, 0.4) is 0 Å². The Morgan fingerprint density at radius 1 is 0.711 bits per heavy atom. The number of aliphatic imine (C=N–C) groups is 1. The Kier molecular flexibility index (Phi) is 24.8. The molecule has 17 N–H and O–H groups in total. The van der Waals surface area contributed by atoms with Crippen LogP contribution in [0, 0.1) is 0 Å². The number of primary amides is 3. The third-order valence-electron chi connectivity index (χ3n) is 12.3. The van der Waals surface area contributed by atoms with E-state index in [-0.39, 0.29) is 50.4 Å². The predicted molar refractivity (Wildman–Crippen MR) is 284 cm³/mol. The Morgan fingerprint density at radius 2 is 1.26 bits per heavy atom. The number of likely N-dealkylation sites (N-methyl/N-ethyl adjacent to an activating group) is 1. The fraction of sp³-hybridized carbons (Fsp3) is 0.510. The highest BCUT2D eigenvalue weighted by atomic mass is 33.1. The number of nitrogens with zero attached hydrogens (tertiary/aromatic N) is 2. The van der Waals surface area contributed by atoms with Crippen LogP contribution in [0.15, 0.2) is 65.7 Å². The second-order valence-electron chi connectivity index (χ2n) is 18.7. The van der Waals surface area contributed by atoms with Crippen LogP contribution in [-0.4, -0.2) is 149 Å². The summed E-state index contributed by atoms with van der Waals surface area (Å²) in [5, 5.41) is 18.2. The van der Waals surface area contributed by atoms with Crippen molar-refractivity contribution in [1.82, 2.24) is 42.1 Å². The quantitative estimate of drug-likeness (QED) is 0.0274. The minimum absolute atomic E-state index is 0.00623. The van der Waals surface area contributed by atoms with Crippen molar-refractivity contribution < 1.29 is 52.7 Å². The number of carbonyl (C=O) groups is 11. The SMILES string of the molecule is CN(CC(=O)N[C@@H](CCCN=C(N)N)C(=O)NCC(N)=O)C(=O)[C@H]1CSSC2(CCCCC2)CC(=O)N[C@H](Cc2ccccc2)C(=O)N[C@@H](Cc2ccccc2)C(=O)N[C@@H](CCC(N)=O)C(=O)N[C@@H](CC(N)=O)C(=O)N1. The molecule has 76 heavy (non-hydrogen) atoms. The van der Waals surface area contributed by atoms with Gasteiger partial charge in [0.2, 0.25) is 65.0 Å². The summed E-state index contributed by atoms with van der Waals surface area (Å²) >= 11 is 0. The molecule has 6 atom stereocenters. The van der Waals surface area contributed by atoms with Gasteiger partial charge in [-0.2, -0.15) is 0 Å². The minimum atomic E-state index is -1.77. The first kappa shape index (κ1) is 61.1. The molecule has 25 nitrogen and oxygen atoms in total. The second-order valence-corrected chi connectivity index (χ2v) is 21.5. The molecule has 2 aliphatic rings. The van der Waals surface area contributed by atoms with E-state index in [1.807, 2.05) is 0 Å². The van der Waals surface area contributed by atoms with Crippen LogP contribution >= 0.6 is 21.6 Å². The van der Waals surface area contributed by atoms with Crippen molar-refractivity contribution in [2.75, 3.05) is 32.4 Å². The summed E-state index contributed by atoms with van der Waals surface area (Å²) < 4.78 is -0.728. The first-order valence-electron chi connectivity index (χ1n) is 24.7. The van der Waals surface area contributed by atoms with Crippen LogP contribution in [0.4, 0.5) is 0 Å². The molecule has 27 heteroatoms. The van der Waals surface area contributed by atoms with E-state index in [4.69, 9.17) is 28.7 Å². The molecule has 2 aromatic rings. The number of carbonyl (C=O) groups excluding carboxylic acids is 11. The van der Waals surface area contributed by atoms with Gasteiger partial charge in [0, 0.05) is 49.8 Å². The first-order valence-corrected chi connectivity index (χ1v) is 27.1. The number of nitrogens with one attached hydrogen (secondary N) is 7. The van der Waals surface area contributed by atoms with E-state index >= 15 is 0 Å². The normalized spacial score (nSPS) is 21.1. The molecule has 0 radical (unpaired) electrons. The van der Waals surface area contributed by atoms with E-state index in [1.54, 1.807) is 60.7 Å². The van der Waals surface area contributed by atoms with E-state index in [1.165, 1.54) is 17.8 Å². The lowest BCUT2D eigenvalue weighted by Gasteiger charge is -2.36. The van der Waals surface area contributed by atoms with E-state index in [2.05, 4.69) is 42.2 Å². The zero-order valence-corrected chi connectivity index (χ0v) is 44.0. The zero-order chi connectivity index (χ0) is 55.8. The molecular weight excluding hydrogens is 1020 g/mol. The van der Waals surface area contributed by atoms with Crippen molar-refractivity contribution >= 4 is 92.5 Å². The van der Waals surface area contributed by atoms with E-state index in [0.717, 1.165) is 35.0 Å². The molecule has 0 unspecified atom stereocenters. The Bertz CT molecular complexity index is 2410. The summed E-state index contributed by atoms with van der Waals surface area (Å²) in [5.41, 5.74) is 28.4. The summed E-state index contributed by atoms with van der Waals surface area (Å²) in [4.78, 5) is 154. The largest absolute Gasteiger partial charge is 0.370 e. The van der Waals surface area contributed by atoms with E-state index < -0.39 is 138 Å². The fourth-order valence-electron chi connectivity index (χ4n) is 8.47. The van der Waals surface area contributed by atoms with Crippen molar-refractivity contribution in [3.63, 3.8) is 0 Å². The van der Waals surface area contributed by atoms with Gasteiger partial charge in [-0.05, 0) is 43.2 Å². The molecule has 11 amide bonds. The number of guanidine groups is 1. The molecule has 1 saturated heterocycles. The number of amides is 11. The Morgan fingerprint density at radius 3 is 1.83 bits per heavy atom. The smallest absolute Gasteiger partial charge is 0.246 e. The standard InChI is InChI=1S/C49H70N14O11S2/c1-63(27-41(68)57-31(16-11-21-55-48(53)54)42(69)56-26-39(52)66)47(74)36-28-75-76-49(19-9-4-10-20-49)25-40(67)58-33(22-29-12-5-2-6-13-29)44(71)60-34(23-30-14-7-3-8-15-30)45(72)59-32(17-18-37(50)64)43(70)61-35(24-38(51)65)46(73)62-36/h2-3,5-8,12-15,31-36H,4,9-11,16-28H2,1H3,(H2,50,64)(H2,51,65)(H2,52,66)(H,56,69)(H,57,68)(H,58,67)(H,59,72)(H,60,71)(H,61,70)(H,62,73)(H4,53,54,55)/t31-,32-,33+,34-,35-,36+/m0/s1. The summed E-state index contributed by atoms with van der Waals surface area (Å²) in [7, 11) is 3.74. The van der Waals surface area contributed by atoms with Crippen molar-refractivity contribution in [1.29, 1.82) is 0 Å². The van der Waals surface area contributed by atoms with Gasteiger partial charge in [-0.3, -0.25) is 57.7 Å². The molecule has 2 fully saturated rings. The van der Waals surface area contributed by atoms with Gasteiger partial charge in [-0.25, -0.2) is 0 Å². The van der Waals surface area contributed by atoms with Crippen molar-refractivity contribution in [3.8, 4) is 0 Å². The molecule has 1 heterocycles. The van der Waals surface area contributed by atoms with Gasteiger partial charge in [-0.15, -0.1) is 0 Å². The van der Waals surface area contributed by atoms with Gasteiger partial charge in [0.1, 0.15) is 36.3 Å². The van der Waals surface area contributed by atoms with Crippen molar-refractivity contribution in [2.24, 2.45) is 33.7 Å². The van der Waals surface area contributed by atoms with Gasteiger partial charge < -0.3 is 70.8 Å².